The van der Waals surface area contributed by atoms with Gasteiger partial charge in [0.1, 0.15) is 11.6 Å². The second kappa shape index (κ2) is 8.42. The van der Waals surface area contributed by atoms with Crippen LogP contribution in [0.2, 0.25) is 0 Å². The molecule has 2 heterocycles. The zero-order chi connectivity index (χ0) is 18.4. The summed E-state index contributed by atoms with van der Waals surface area (Å²) in [4.78, 5) is 32.4. The van der Waals surface area contributed by atoms with Crippen molar-refractivity contribution in [2.24, 2.45) is 0 Å². The molecule has 1 saturated heterocycles. The lowest BCUT2D eigenvalue weighted by atomic mass is 10.1. The highest BCUT2D eigenvalue weighted by Crippen LogP contribution is 2.12. The van der Waals surface area contributed by atoms with Gasteiger partial charge in [0, 0.05) is 32.4 Å². The second-order valence-corrected chi connectivity index (χ2v) is 6.14. The van der Waals surface area contributed by atoms with Gasteiger partial charge in [-0.3, -0.25) is 9.59 Å². The summed E-state index contributed by atoms with van der Waals surface area (Å²) in [5.74, 6) is 0.219. The first kappa shape index (κ1) is 17.8. The molecule has 0 unspecified atom stereocenters. The van der Waals surface area contributed by atoms with Crippen LogP contribution < -0.4 is 10.2 Å². The van der Waals surface area contributed by atoms with E-state index in [1.807, 2.05) is 18.2 Å². The van der Waals surface area contributed by atoms with Gasteiger partial charge >= 0.3 is 0 Å². The predicted octanol–water partition coefficient (Wildman–Crippen LogP) is 1.23. The molecule has 136 valence electrons. The Kier molecular flexibility index (Phi) is 5.78. The predicted molar refractivity (Wildman–Crippen MR) is 96.1 cm³/mol. The number of hydrogen-bond donors (Lipinski definition) is 1. The molecule has 2 aromatic rings. The monoisotopic (exact) mass is 356 g/mol. The number of carbonyl (C=O) groups is 2. The molecule has 0 spiro atoms. The first-order valence-electron chi connectivity index (χ1n) is 8.57. The van der Waals surface area contributed by atoms with Crippen LogP contribution in [0, 0.1) is 5.82 Å². The molecule has 0 radical (unpaired) electrons. The van der Waals surface area contributed by atoms with Crippen LogP contribution >= 0.6 is 0 Å². The van der Waals surface area contributed by atoms with Gasteiger partial charge in [-0.05, 0) is 29.8 Å². The van der Waals surface area contributed by atoms with Crippen LogP contribution in [0.15, 0.2) is 48.7 Å². The fourth-order valence-electron chi connectivity index (χ4n) is 2.86. The van der Waals surface area contributed by atoms with E-state index in [1.165, 1.54) is 12.1 Å². The van der Waals surface area contributed by atoms with Crippen molar-refractivity contribution in [3.8, 4) is 0 Å². The SMILES string of the molecule is O=C(Cc1ccc(F)cc1)NCC(=O)N1CCN(c2ccccn2)CC1. The van der Waals surface area contributed by atoms with Gasteiger partial charge in [-0.15, -0.1) is 0 Å². The number of anilines is 1. The Hall–Kier alpha value is -2.96. The van der Waals surface area contributed by atoms with E-state index < -0.39 is 0 Å². The average molecular weight is 356 g/mol. The zero-order valence-electron chi connectivity index (χ0n) is 14.4. The van der Waals surface area contributed by atoms with Crippen molar-refractivity contribution < 1.29 is 14.0 Å². The Balaban J connectivity index is 1.41. The summed E-state index contributed by atoms with van der Waals surface area (Å²) in [5, 5.41) is 2.64. The number of nitrogens with one attached hydrogen (secondary N) is 1. The largest absolute Gasteiger partial charge is 0.353 e. The highest BCUT2D eigenvalue weighted by atomic mass is 19.1. The van der Waals surface area contributed by atoms with E-state index in [2.05, 4.69) is 15.2 Å². The van der Waals surface area contributed by atoms with E-state index in [4.69, 9.17) is 0 Å². The molecule has 0 bridgehead atoms. The van der Waals surface area contributed by atoms with Crippen LogP contribution in [-0.4, -0.2) is 54.4 Å². The Labute approximate surface area is 151 Å². The minimum Gasteiger partial charge on any atom is -0.353 e. The Bertz CT molecular complexity index is 744. The molecular formula is C19H21FN4O2. The summed E-state index contributed by atoms with van der Waals surface area (Å²) in [6.45, 7) is 2.61. The Morgan fingerprint density at radius 1 is 1.04 bits per heavy atom. The molecule has 0 saturated carbocycles. The first-order valence-corrected chi connectivity index (χ1v) is 8.57. The quantitative estimate of drug-likeness (QED) is 0.875. The molecule has 1 fully saturated rings. The highest BCUT2D eigenvalue weighted by Gasteiger charge is 2.21. The molecule has 1 aromatic heterocycles. The molecule has 7 heteroatoms. The van der Waals surface area contributed by atoms with Crippen molar-refractivity contribution in [3.05, 3.63) is 60.0 Å². The third-order valence-corrected chi connectivity index (χ3v) is 4.32. The number of carbonyl (C=O) groups excluding carboxylic acids is 2. The van der Waals surface area contributed by atoms with Crippen LogP contribution in [-0.2, 0) is 16.0 Å². The lowest BCUT2D eigenvalue weighted by Gasteiger charge is -2.35. The first-order chi connectivity index (χ1) is 12.6. The maximum atomic E-state index is 12.9. The third kappa shape index (κ3) is 4.78. The van der Waals surface area contributed by atoms with Gasteiger partial charge in [0.05, 0.1) is 13.0 Å². The molecule has 1 aromatic carbocycles. The second-order valence-electron chi connectivity index (χ2n) is 6.14. The molecule has 0 atom stereocenters. The summed E-state index contributed by atoms with van der Waals surface area (Å²) in [7, 11) is 0. The number of pyridine rings is 1. The lowest BCUT2D eigenvalue weighted by Crippen LogP contribution is -2.51. The van der Waals surface area contributed by atoms with Gasteiger partial charge in [0.25, 0.3) is 0 Å². The van der Waals surface area contributed by atoms with E-state index in [0.717, 1.165) is 5.82 Å². The van der Waals surface area contributed by atoms with E-state index in [9.17, 15) is 14.0 Å². The number of nitrogens with zero attached hydrogens (tertiary/aromatic N) is 3. The summed E-state index contributed by atoms with van der Waals surface area (Å²) >= 11 is 0. The van der Waals surface area contributed by atoms with Crippen molar-refractivity contribution >= 4 is 17.6 Å². The van der Waals surface area contributed by atoms with E-state index in [0.29, 0.717) is 31.7 Å². The average Bonchev–Trinajstić information content (AvgIpc) is 2.69. The molecule has 1 N–H and O–H groups in total. The maximum Gasteiger partial charge on any atom is 0.242 e. The fourth-order valence-corrected chi connectivity index (χ4v) is 2.86. The van der Waals surface area contributed by atoms with Crippen LogP contribution in [0.1, 0.15) is 5.56 Å². The van der Waals surface area contributed by atoms with E-state index >= 15 is 0 Å². The number of benzene rings is 1. The van der Waals surface area contributed by atoms with Crippen LogP contribution in [0.5, 0.6) is 0 Å². The van der Waals surface area contributed by atoms with Gasteiger partial charge in [-0.25, -0.2) is 9.37 Å². The zero-order valence-corrected chi connectivity index (χ0v) is 14.4. The molecule has 6 nitrogen and oxygen atoms in total. The number of aromatic nitrogens is 1. The smallest absolute Gasteiger partial charge is 0.242 e. The summed E-state index contributed by atoms with van der Waals surface area (Å²) in [5.41, 5.74) is 0.709. The fraction of sp³-hybridized carbons (Fsp3) is 0.316. The highest BCUT2D eigenvalue weighted by molar-refractivity contribution is 5.85. The van der Waals surface area contributed by atoms with Crippen molar-refractivity contribution in [2.75, 3.05) is 37.6 Å². The molecule has 1 aliphatic rings. The summed E-state index contributed by atoms with van der Waals surface area (Å²) in [6.07, 6.45) is 1.88. The van der Waals surface area contributed by atoms with Crippen LogP contribution in [0.3, 0.4) is 0 Å². The summed E-state index contributed by atoms with van der Waals surface area (Å²) in [6, 6.07) is 11.5. The third-order valence-electron chi connectivity index (χ3n) is 4.32. The van der Waals surface area contributed by atoms with E-state index in [1.54, 1.807) is 23.2 Å². The van der Waals surface area contributed by atoms with Crippen molar-refractivity contribution in [3.63, 3.8) is 0 Å². The number of rotatable bonds is 5. The number of hydrogen-bond acceptors (Lipinski definition) is 4. The van der Waals surface area contributed by atoms with Crippen molar-refractivity contribution in [1.29, 1.82) is 0 Å². The van der Waals surface area contributed by atoms with Crippen LogP contribution in [0.4, 0.5) is 10.2 Å². The van der Waals surface area contributed by atoms with Gasteiger partial charge in [-0.2, -0.15) is 0 Å². The maximum absolute atomic E-state index is 12.9. The number of piperazine rings is 1. The molecule has 0 aliphatic carbocycles. The standard InChI is InChI=1S/C19H21FN4O2/c20-16-6-4-15(5-7-16)13-18(25)22-14-19(26)24-11-9-23(10-12-24)17-3-1-2-8-21-17/h1-8H,9-14H2,(H,22,25). The lowest BCUT2D eigenvalue weighted by molar-refractivity contribution is -0.133. The number of halogens is 1. The normalized spacial score (nSPS) is 14.2. The Morgan fingerprint density at radius 3 is 2.42 bits per heavy atom. The van der Waals surface area contributed by atoms with E-state index in [-0.39, 0.29) is 30.6 Å². The van der Waals surface area contributed by atoms with Gasteiger partial charge in [0.2, 0.25) is 11.8 Å². The van der Waals surface area contributed by atoms with Gasteiger partial charge in [-0.1, -0.05) is 18.2 Å². The van der Waals surface area contributed by atoms with Gasteiger partial charge < -0.3 is 15.1 Å². The summed E-state index contributed by atoms with van der Waals surface area (Å²) < 4.78 is 12.9. The molecule has 2 amide bonds. The van der Waals surface area contributed by atoms with Crippen molar-refractivity contribution in [2.45, 2.75) is 6.42 Å². The minimum absolute atomic E-state index is 0.0242. The minimum atomic E-state index is -0.339. The molecule has 1 aliphatic heterocycles. The van der Waals surface area contributed by atoms with Crippen LogP contribution in [0.25, 0.3) is 0 Å². The molecular weight excluding hydrogens is 335 g/mol. The molecule has 26 heavy (non-hydrogen) atoms. The molecule has 3 rings (SSSR count). The topological polar surface area (TPSA) is 65.5 Å². The Morgan fingerprint density at radius 2 is 1.77 bits per heavy atom. The number of amides is 2. The van der Waals surface area contributed by atoms with Gasteiger partial charge in [0.15, 0.2) is 0 Å². The van der Waals surface area contributed by atoms with Crippen molar-refractivity contribution in [1.82, 2.24) is 15.2 Å².